The van der Waals surface area contributed by atoms with Crippen LogP contribution in [0.25, 0.3) is 0 Å². The second-order valence-corrected chi connectivity index (χ2v) is 3.18. The molecule has 0 bridgehead atoms. The third-order valence-electron chi connectivity index (χ3n) is 2.15. The average Bonchev–Trinajstić information content (AvgIpc) is 2.77. The molecule has 0 N–H and O–H groups in total. The second kappa shape index (κ2) is 5.99. The number of ketones is 1. The molecule has 0 atom stereocenters. The van der Waals surface area contributed by atoms with Crippen LogP contribution in [-0.2, 0) is 0 Å². The lowest BCUT2D eigenvalue weighted by molar-refractivity contribution is 0.0908. The van der Waals surface area contributed by atoms with E-state index in [1.54, 1.807) is 12.1 Å². The predicted molar refractivity (Wildman–Crippen MR) is 55.4 cm³/mol. The van der Waals surface area contributed by atoms with Gasteiger partial charge in [0, 0.05) is 13.0 Å². The van der Waals surface area contributed by atoms with E-state index >= 15 is 0 Å². The van der Waals surface area contributed by atoms with Gasteiger partial charge in [0.15, 0.2) is 5.76 Å². The van der Waals surface area contributed by atoms with Crippen molar-refractivity contribution in [1.29, 1.82) is 5.26 Å². The van der Waals surface area contributed by atoms with Crippen LogP contribution in [0.1, 0.15) is 23.9 Å². The van der Waals surface area contributed by atoms with Crippen LogP contribution in [0.15, 0.2) is 22.8 Å². The van der Waals surface area contributed by atoms with Crippen molar-refractivity contribution < 1.29 is 9.21 Å². The molecule has 1 aromatic rings. The number of nitriles is 1. The molecule has 1 heterocycles. The Bertz CT molecular complexity index is 338. The van der Waals surface area contributed by atoms with Crippen LogP contribution in [0.5, 0.6) is 0 Å². The molecule has 4 heteroatoms. The Morgan fingerprint density at radius 2 is 2.47 bits per heavy atom. The van der Waals surface area contributed by atoms with Gasteiger partial charge < -0.3 is 4.42 Å². The minimum Gasteiger partial charge on any atom is -0.461 e. The number of carbonyl (C=O) groups is 1. The Balaban J connectivity index is 2.45. The summed E-state index contributed by atoms with van der Waals surface area (Å²) in [6.07, 6.45) is 1.93. The highest BCUT2D eigenvalue weighted by molar-refractivity contribution is 5.94. The third kappa shape index (κ3) is 3.56. The van der Waals surface area contributed by atoms with Crippen LogP contribution in [0.4, 0.5) is 0 Å². The van der Waals surface area contributed by atoms with Gasteiger partial charge in [-0.3, -0.25) is 9.69 Å². The summed E-state index contributed by atoms with van der Waals surface area (Å²) in [4.78, 5) is 13.5. The van der Waals surface area contributed by atoms with Crippen molar-refractivity contribution in [2.45, 2.75) is 13.3 Å². The molecule has 0 radical (unpaired) electrons. The zero-order chi connectivity index (χ0) is 11.1. The molecule has 0 aromatic carbocycles. The molecule has 0 saturated heterocycles. The first-order chi connectivity index (χ1) is 7.27. The van der Waals surface area contributed by atoms with E-state index in [9.17, 15) is 4.79 Å². The first kappa shape index (κ1) is 11.5. The third-order valence-corrected chi connectivity index (χ3v) is 2.15. The maximum Gasteiger partial charge on any atom is 0.211 e. The fourth-order valence-corrected chi connectivity index (χ4v) is 1.28. The highest BCUT2D eigenvalue weighted by Crippen LogP contribution is 2.03. The molecule has 15 heavy (non-hydrogen) atoms. The minimum atomic E-state index is -0.0419. The monoisotopic (exact) mass is 206 g/mol. The number of hydrogen-bond donors (Lipinski definition) is 0. The summed E-state index contributed by atoms with van der Waals surface area (Å²) in [6, 6.07) is 5.41. The number of hydrogen-bond acceptors (Lipinski definition) is 4. The van der Waals surface area contributed by atoms with Gasteiger partial charge in [0.1, 0.15) is 0 Å². The summed E-state index contributed by atoms with van der Waals surface area (Å²) in [7, 11) is 0. The van der Waals surface area contributed by atoms with E-state index in [4.69, 9.17) is 9.68 Å². The topological polar surface area (TPSA) is 57.2 Å². The maximum absolute atomic E-state index is 11.6. The van der Waals surface area contributed by atoms with Crippen molar-refractivity contribution in [2.24, 2.45) is 0 Å². The number of Topliss-reactive ketones (excluding diaryl/α,β-unsaturated/α-hetero) is 1. The number of carbonyl (C=O) groups excluding carboxylic acids is 1. The van der Waals surface area contributed by atoms with E-state index in [1.165, 1.54) is 6.26 Å². The second-order valence-electron chi connectivity index (χ2n) is 3.18. The van der Waals surface area contributed by atoms with Crippen LogP contribution in [-0.4, -0.2) is 30.3 Å². The van der Waals surface area contributed by atoms with E-state index < -0.39 is 0 Å². The van der Waals surface area contributed by atoms with Gasteiger partial charge in [-0.25, -0.2) is 0 Å². The number of furan rings is 1. The van der Waals surface area contributed by atoms with Gasteiger partial charge >= 0.3 is 0 Å². The SMILES string of the molecule is CCN(CCC#N)CC(=O)c1ccco1. The predicted octanol–water partition coefficient (Wildman–Crippen LogP) is 1.70. The molecule has 0 aliphatic rings. The van der Waals surface area contributed by atoms with E-state index in [0.29, 0.717) is 25.3 Å². The molecule has 1 rings (SSSR count). The van der Waals surface area contributed by atoms with Crippen molar-refractivity contribution >= 4 is 5.78 Å². The minimum absolute atomic E-state index is 0.0419. The fourth-order valence-electron chi connectivity index (χ4n) is 1.28. The standard InChI is InChI=1S/C11H14N2O2/c1-2-13(7-4-6-12)9-10(14)11-5-3-8-15-11/h3,5,8H,2,4,7,9H2,1H3. The summed E-state index contributed by atoms with van der Waals surface area (Å²) < 4.78 is 5.00. The van der Waals surface area contributed by atoms with Gasteiger partial charge in [0.05, 0.1) is 18.9 Å². The number of rotatable bonds is 6. The van der Waals surface area contributed by atoms with E-state index in [1.807, 2.05) is 11.8 Å². The lowest BCUT2D eigenvalue weighted by Crippen LogP contribution is -2.30. The van der Waals surface area contributed by atoms with E-state index in [2.05, 4.69) is 6.07 Å². The lowest BCUT2D eigenvalue weighted by Gasteiger charge is -2.16. The molecular formula is C11H14N2O2. The highest BCUT2D eigenvalue weighted by atomic mass is 16.3. The lowest BCUT2D eigenvalue weighted by atomic mass is 10.2. The normalized spacial score (nSPS) is 10.2. The Morgan fingerprint density at radius 3 is 3.00 bits per heavy atom. The van der Waals surface area contributed by atoms with Crippen molar-refractivity contribution in [3.05, 3.63) is 24.2 Å². The van der Waals surface area contributed by atoms with Gasteiger partial charge in [0.2, 0.25) is 5.78 Å². The molecule has 0 spiro atoms. The van der Waals surface area contributed by atoms with Crippen LogP contribution in [0.3, 0.4) is 0 Å². The molecule has 80 valence electrons. The molecular weight excluding hydrogens is 192 g/mol. The molecule has 0 aliphatic heterocycles. The summed E-state index contributed by atoms with van der Waals surface area (Å²) in [6.45, 7) is 3.66. The molecule has 1 aromatic heterocycles. The van der Waals surface area contributed by atoms with Gasteiger partial charge in [-0.1, -0.05) is 6.92 Å². The molecule has 0 fully saturated rings. The van der Waals surface area contributed by atoms with E-state index in [-0.39, 0.29) is 5.78 Å². The first-order valence-electron chi connectivity index (χ1n) is 4.94. The Kier molecular flexibility index (Phi) is 4.58. The highest BCUT2D eigenvalue weighted by Gasteiger charge is 2.12. The molecule has 0 unspecified atom stereocenters. The van der Waals surface area contributed by atoms with Crippen molar-refractivity contribution in [3.63, 3.8) is 0 Å². The molecule has 0 aliphatic carbocycles. The van der Waals surface area contributed by atoms with Gasteiger partial charge in [0.25, 0.3) is 0 Å². The summed E-state index contributed by atoms with van der Waals surface area (Å²) in [5.41, 5.74) is 0. The fraction of sp³-hybridized carbons (Fsp3) is 0.455. The van der Waals surface area contributed by atoms with Gasteiger partial charge in [-0.05, 0) is 18.7 Å². The first-order valence-corrected chi connectivity index (χ1v) is 4.94. The van der Waals surface area contributed by atoms with Crippen molar-refractivity contribution in [1.82, 2.24) is 4.90 Å². The summed E-state index contributed by atoms with van der Waals surface area (Å²) in [5.74, 6) is 0.338. The Labute approximate surface area is 89.1 Å². The van der Waals surface area contributed by atoms with Crippen LogP contribution in [0, 0.1) is 11.3 Å². The maximum atomic E-state index is 11.6. The Morgan fingerprint density at radius 1 is 1.67 bits per heavy atom. The summed E-state index contributed by atoms with van der Waals surface area (Å²) >= 11 is 0. The number of likely N-dealkylation sites (N-methyl/N-ethyl adjacent to an activating group) is 1. The molecule has 4 nitrogen and oxygen atoms in total. The Hall–Kier alpha value is -1.60. The number of nitrogens with zero attached hydrogens (tertiary/aromatic N) is 2. The smallest absolute Gasteiger partial charge is 0.211 e. The summed E-state index contributed by atoms with van der Waals surface area (Å²) in [5, 5.41) is 8.45. The van der Waals surface area contributed by atoms with Gasteiger partial charge in [-0.2, -0.15) is 5.26 Å². The largest absolute Gasteiger partial charge is 0.461 e. The van der Waals surface area contributed by atoms with Crippen molar-refractivity contribution in [2.75, 3.05) is 19.6 Å². The van der Waals surface area contributed by atoms with Crippen molar-refractivity contribution in [3.8, 4) is 6.07 Å². The zero-order valence-corrected chi connectivity index (χ0v) is 8.77. The molecule has 0 amide bonds. The van der Waals surface area contributed by atoms with Crippen LogP contribution < -0.4 is 0 Å². The zero-order valence-electron chi connectivity index (χ0n) is 8.77. The average molecular weight is 206 g/mol. The van der Waals surface area contributed by atoms with Crippen LogP contribution >= 0.6 is 0 Å². The molecule has 0 saturated carbocycles. The van der Waals surface area contributed by atoms with Crippen LogP contribution in [0.2, 0.25) is 0 Å². The van der Waals surface area contributed by atoms with Gasteiger partial charge in [-0.15, -0.1) is 0 Å². The van der Waals surface area contributed by atoms with E-state index in [0.717, 1.165) is 6.54 Å². The quantitative estimate of drug-likeness (QED) is 0.665.